The molecule has 17 heavy (non-hydrogen) atoms. The molecule has 2 heterocycles. The van der Waals surface area contributed by atoms with Crippen LogP contribution >= 0.6 is 22.6 Å². The van der Waals surface area contributed by atoms with Gasteiger partial charge in [-0.05, 0) is 48.1 Å². The van der Waals surface area contributed by atoms with E-state index in [0.717, 1.165) is 26.3 Å². The third-order valence-electron chi connectivity index (χ3n) is 2.47. The second-order valence-corrected chi connectivity index (χ2v) is 4.79. The summed E-state index contributed by atoms with van der Waals surface area (Å²) < 4.78 is 1.04. The van der Waals surface area contributed by atoms with E-state index in [1.807, 2.05) is 33.0 Å². The van der Waals surface area contributed by atoms with Gasteiger partial charge in [0, 0.05) is 13.2 Å². The fraction of sp³-hybridized carbons (Fsp3) is 0.250. The van der Waals surface area contributed by atoms with Crippen molar-refractivity contribution in [2.75, 3.05) is 12.4 Å². The van der Waals surface area contributed by atoms with Gasteiger partial charge in [-0.3, -0.25) is 4.98 Å². The highest BCUT2D eigenvalue weighted by Crippen LogP contribution is 2.23. The minimum absolute atomic E-state index is 0.672. The van der Waals surface area contributed by atoms with Crippen LogP contribution in [0.3, 0.4) is 0 Å². The molecule has 0 spiro atoms. The summed E-state index contributed by atoms with van der Waals surface area (Å²) in [6.07, 6.45) is 1.76. The van der Waals surface area contributed by atoms with E-state index >= 15 is 0 Å². The number of aromatic nitrogens is 3. The first-order valence-corrected chi connectivity index (χ1v) is 6.35. The Kier molecular flexibility index (Phi) is 3.56. The van der Waals surface area contributed by atoms with E-state index in [1.165, 1.54) is 0 Å². The fourth-order valence-electron chi connectivity index (χ4n) is 1.55. The van der Waals surface area contributed by atoms with Crippen molar-refractivity contribution in [3.63, 3.8) is 0 Å². The largest absolute Gasteiger partial charge is 0.372 e. The van der Waals surface area contributed by atoms with Crippen molar-refractivity contribution in [1.82, 2.24) is 15.0 Å². The smallest absolute Gasteiger partial charge is 0.180 e. The zero-order valence-electron chi connectivity index (χ0n) is 9.95. The minimum Gasteiger partial charge on any atom is -0.372 e. The van der Waals surface area contributed by atoms with Gasteiger partial charge in [0.05, 0.1) is 9.26 Å². The van der Waals surface area contributed by atoms with E-state index in [-0.39, 0.29) is 0 Å². The Labute approximate surface area is 114 Å². The van der Waals surface area contributed by atoms with Gasteiger partial charge in [0.25, 0.3) is 0 Å². The summed E-state index contributed by atoms with van der Waals surface area (Å²) in [6.45, 7) is 3.99. The molecule has 4 nitrogen and oxygen atoms in total. The van der Waals surface area contributed by atoms with Crippen LogP contribution in [0.25, 0.3) is 11.5 Å². The van der Waals surface area contributed by atoms with Crippen LogP contribution < -0.4 is 5.32 Å². The molecule has 0 radical (unpaired) electrons. The fourth-order valence-corrected chi connectivity index (χ4v) is 2.06. The van der Waals surface area contributed by atoms with Crippen molar-refractivity contribution in [2.24, 2.45) is 0 Å². The maximum atomic E-state index is 4.49. The molecule has 88 valence electrons. The van der Waals surface area contributed by atoms with Gasteiger partial charge >= 0.3 is 0 Å². The van der Waals surface area contributed by atoms with Crippen LogP contribution in [-0.4, -0.2) is 22.0 Å². The highest BCUT2D eigenvalue weighted by molar-refractivity contribution is 14.1. The maximum Gasteiger partial charge on any atom is 0.180 e. The Bertz CT molecular complexity index is 554. The molecular weight excluding hydrogens is 327 g/mol. The minimum atomic E-state index is 0.672. The van der Waals surface area contributed by atoms with Crippen LogP contribution in [0.5, 0.6) is 0 Å². The summed E-state index contributed by atoms with van der Waals surface area (Å²) in [5, 5.41) is 3.08. The number of rotatable bonds is 2. The summed E-state index contributed by atoms with van der Waals surface area (Å²) in [5.74, 6) is 1.52. The molecule has 0 aromatic carbocycles. The van der Waals surface area contributed by atoms with Gasteiger partial charge in [-0.15, -0.1) is 0 Å². The van der Waals surface area contributed by atoms with Crippen LogP contribution in [0.2, 0.25) is 0 Å². The number of pyridine rings is 1. The number of hydrogen-bond acceptors (Lipinski definition) is 4. The Morgan fingerprint density at radius 2 is 2.00 bits per heavy atom. The Balaban J connectivity index is 2.61. The highest BCUT2D eigenvalue weighted by Gasteiger charge is 2.11. The monoisotopic (exact) mass is 340 g/mol. The molecule has 0 saturated carbocycles. The second-order valence-electron chi connectivity index (χ2n) is 3.71. The molecule has 0 bridgehead atoms. The normalized spacial score (nSPS) is 10.4. The number of nitrogens with zero attached hydrogens (tertiary/aromatic N) is 3. The Hall–Kier alpha value is -1.24. The first-order chi connectivity index (χ1) is 8.13. The van der Waals surface area contributed by atoms with Crippen molar-refractivity contribution in [1.29, 1.82) is 0 Å². The van der Waals surface area contributed by atoms with Gasteiger partial charge in [0.15, 0.2) is 5.82 Å². The molecule has 0 aliphatic carbocycles. The molecule has 5 heteroatoms. The maximum absolute atomic E-state index is 4.49. The molecule has 0 unspecified atom stereocenters. The average Bonchev–Trinajstić information content (AvgIpc) is 2.33. The molecule has 0 aliphatic heterocycles. The van der Waals surface area contributed by atoms with E-state index < -0.39 is 0 Å². The molecule has 2 aromatic rings. The van der Waals surface area contributed by atoms with Gasteiger partial charge in [0.1, 0.15) is 11.5 Å². The van der Waals surface area contributed by atoms with Crippen LogP contribution in [0.4, 0.5) is 5.82 Å². The lowest BCUT2D eigenvalue weighted by Gasteiger charge is -2.09. The lowest BCUT2D eigenvalue weighted by Crippen LogP contribution is -2.04. The summed E-state index contributed by atoms with van der Waals surface area (Å²) in [5.41, 5.74) is 2.88. The summed E-state index contributed by atoms with van der Waals surface area (Å²) in [6, 6.07) is 3.93. The number of halogens is 1. The van der Waals surface area contributed by atoms with Crippen molar-refractivity contribution in [3.8, 4) is 11.5 Å². The lowest BCUT2D eigenvalue weighted by molar-refractivity contribution is 1.06. The van der Waals surface area contributed by atoms with Crippen molar-refractivity contribution in [3.05, 3.63) is 33.2 Å². The zero-order chi connectivity index (χ0) is 12.4. The molecule has 0 aliphatic rings. The lowest BCUT2D eigenvalue weighted by atomic mass is 10.2. The van der Waals surface area contributed by atoms with Crippen LogP contribution in [0.15, 0.2) is 18.3 Å². The van der Waals surface area contributed by atoms with E-state index in [4.69, 9.17) is 0 Å². The quantitative estimate of drug-likeness (QED) is 0.855. The molecule has 0 atom stereocenters. The van der Waals surface area contributed by atoms with E-state index in [1.54, 1.807) is 6.20 Å². The van der Waals surface area contributed by atoms with Crippen molar-refractivity contribution < 1.29 is 0 Å². The van der Waals surface area contributed by atoms with E-state index in [0.29, 0.717) is 5.82 Å². The highest BCUT2D eigenvalue weighted by atomic mass is 127. The number of nitrogens with one attached hydrogen (secondary N) is 1. The molecule has 1 N–H and O–H groups in total. The number of anilines is 1. The average molecular weight is 340 g/mol. The SMILES string of the molecule is CNc1nc(-c2ncccc2C)nc(C)c1I. The molecule has 2 aromatic heterocycles. The molecular formula is C12H13IN4. The Morgan fingerprint density at radius 3 is 2.65 bits per heavy atom. The summed E-state index contributed by atoms with van der Waals surface area (Å²) in [4.78, 5) is 13.3. The van der Waals surface area contributed by atoms with Gasteiger partial charge in [-0.2, -0.15) is 0 Å². The topological polar surface area (TPSA) is 50.7 Å². The molecule has 0 saturated heterocycles. The molecule has 0 fully saturated rings. The third kappa shape index (κ3) is 2.38. The molecule has 2 rings (SSSR count). The van der Waals surface area contributed by atoms with Gasteiger partial charge < -0.3 is 5.32 Å². The van der Waals surface area contributed by atoms with Crippen LogP contribution in [-0.2, 0) is 0 Å². The van der Waals surface area contributed by atoms with Crippen LogP contribution in [0.1, 0.15) is 11.3 Å². The van der Waals surface area contributed by atoms with E-state index in [9.17, 15) is 0 Å². The number of aryl methyl sites for hydroxylation is 2. The molecule has 0 amide bonds. The summed E-state index contributed by atoms with van der Waals surface area (Å²) in [7, 11) is 1.86. The predicted octanol–water partition coefficient (Wildman–Crippen LogP) is 2.80. The van der Waals surface area contributed by atoms with Gasteiger partial charge in [-0.1, -0.05) is 6.07 Å². The van der Waals surface area contributed by atoms with E-state index in [2.05, 4.69) is 42.9 Å². The second kappa shape index (κ2) is 4.95. The first-order valence-electron chi connectivity index (χ1n) is 5.27. The standard InChI is InChI=1S/C12H13IN4/c1-7-5-4-6-15-10(7)12-16-8(2)9(13)11(14-3)17-12/h4-6H,1-3H3,(H,14,16,17). The van der Waals surface area contributed by atoms with Crippen LogP contribution in [0, 0.1) is 17.4 Å². The number of hydrogen-bond donors (Lipinski definition) is 1. The Morgan fingerprint density at radius 1 is 1.24 bits per heavy atom. The van der Waals surface area contributed by atoms with Crippen molar-refractivity contribution in [2.45, 2.75) is 13.8 Å². The van der Waals surface area contributed by atoms with Crippen molar-refractivity contribution >= 4 is 28.4 Å². The zero-order valence-corrected chi connectivity index (χ0v) is 12.1. The van der Waals surface area contributed by atoms with Gasteiger partial charge in [-0.25, -0.2) is 9.97 Å². The summed E-state index contributed by atoms with van der Waals surface area (Å²) >= 11 is 2.24. The third-order valence-corrected chi connectivity index (χ3v) is 3.77. The first kappa shape index (κ1) is 12.2. The predicted molar refractivity (Wildman–Crippen MR) is 77.0 cm³/mol. The van der Waals surface area contributed by atoms with Gasteiger partial charge in [0.2, 0.25) is 0 Å².